The van der Waals surface area contributed by atoms with Crippen molar-refractivity contribution in [2.75, 3.05) is 55.9 Å². The van der Waals surface area contributed by atoms with Gasteiger partial charge in [0.2, 0.25) is 0 Å². The van der Waals surface area contributed by atoms with Crippen LogP contribution >= 0.6 is 0 Å². The number of hydrogen-bond acceptors (Lipinski definition) is 9. The summed E-state index contributed by atoms with van der Waals surface area (Å²) < 4.78 is 87.0. The molecule has 218 valence electrons. The molecule has 2 saturated heterocycles. The van der Waals surface area contributed by atoms with Crippen LogP contribution in [0, 0.1) is 10.1 Å². The molecule has 0 aliphatic carbocycles. The predicted molar refractivity (Wildman–Crippen MR) is 130 cm³/mol. The third-order valence-electron chi connectivity index (χ3n) is 6.29. The molecule has 2 aliphatic rings. The van der Waals surface area contributed by atoms with Gasteiger partial charge in [-0.3, -0.25) is 10.1 Å². The molecule has 2 aromatic rings. The molecule has 10 nitrogen and oxygen atoms in total. The number of hydrogen-bond donors (Lipinski definition) is 1. The number of anilines is 3. The largest absolute Gasteiger partial charge is 0.465 e. The van der Waals surface area contributed by atoms with Crippen LogP contribution in [0.4, 0.5) is 49.1 Å². The molecule has 0 spiro atoms. The SMILES string of the molecule is COC(=O)c1cc(N2CCC2)c(C(F)(F)F)cc1N.COC(=O)c1cc(N2CCC2)c(C(F)(F)F)cc1[N+](=O)[O-]. The van der Waals surface area contributed by atoms with Gasteiger partial charge in [0.25, 0.3) is 5.69 Å². The summed E-state index contributed by atoms with van der Waals surface area (Å²) in [6.07, 6.45) is -7.70. The molecule has 16 heteroatoms. The van der Waals surface area contributed by atoms with Gasteiger partial charge in [0.1, 0.15) is 5.56 Å². The van der Waals surface area contributed by atoms with Crippen LogP contribution in [-0.4, -0.2) is 57.3 Å². The van der Waals surface area contributed by atoms with E-state index in [1.165, 1.54) is 4.90 Å². The maximum atomic E-state index is 13.1. The third-order valence-corrected chi connectivity index (χ3v) is 6.29. The summed E-state index contributed by atoms with van der Waals surface area (Å²) in [5.41, 5.74) is 1.62. The first-order valence-corrected chi connectivity index (χ1v) is 11.7. The number of carbonyl (C=O) groups excluding carboxylic acids is 2. The molecule has 0 bridgehead atoms. The van der Waals surface area contributed by atoms with Gasteiger partial charge in [0.15, 0.2) is 0 Å². The van der Waals surface area contributed by atoms with Crippen molar-refractivity contribution in [2.24, 2.45) is 0 Å². The second-order valence-electron chi connectivity index (χ2n) is 8.76. The Morgan fingerprint density at radius 3 is 1.55 bits per heavy atom. The zero-order chi connectivity index (χ0) is 30.0. The van der Waals surface area contributed by atoms with Crippen molar-refractivity contribution < 1.29 is 50.3 Å². The monoisotopic (exact) mass is 578 g/mol. The zero-order valence-electron chi connectivity index (χ0n) is 21.2. The predicted octanol–water partition coefficient (Wildman–Crippen LogP) is 4.89. The van der Waals surface area contributed by atoms with Crippen LogP contribution in [0.15, 0.2) is 24.3 Å². The van der Waals surface area contributed by atoms with Crippen molar-refractivity contribution in [1.29, 1.82) is 0 Å². The second kappa shape index (κ2) is 11.5. The van der Waals surface area contributed by atoms with Crippen LogP contribution < -0.4 is 15.5 Å². The number of rotatable bonds is 5. The van der Waals surface area contributed by atoms with Gasteiger partial charge in [-0.05, 0) is 31.0 Å². The van der Waals surface area contributed by atoms with Crippen molar-refractivity contribution in [3.8, 4) is 0 Å². The van der Waals surface area contributed by atoms with Crippen LogP contribution in [0.3, 0.4) is 0 Å². The van der Waals surface area contributed by atoms with Gasteiger partial charge in [-0.25, -0.2) is 9.59 Å². The fraction of sp³-hybridized carbons (Fsp3) is 0.417. The Kier molecular flexibility index (Phi) is 8.69. The minimum absolute atomic E-state index is 0.0200. The highest BCUT2D eigenvalue weighted by atomic mass is 19.4. The Hall–Kier alpha value is -4.24. The molecule has 2 fully saturated rings. The lowest BCUT2D eigenvalue weighted by molar-refractivity contribution is -0.385. The molecular formula is C24H24F6N4O6. The lowest BCUT2D eigenvalue weighted by Gasteiger charge is -2.35. The van der Waals surface area contributed by atoms with Gasteiger partial charge < -0.3 is 25.0 Å². The van der Waals surface area contributed by atoms with Gasteiger partial charge in [-0.1, -0.05) is 0 Å². The standard InChI is InChI=1S/C12H11F3N2O4.C12H13F3N2O2/c1-21-11(18)7-5-10(16-3-2-4-16)8(12(13,14)15)6-9(7)17(19)20;1-19-11(18)7-5-10(17-3-2-4-17)8(6-9(7)16)12(13,14)15/h5-6H,2-4H2,1H3;5-6H,2-4,16H2,1H3. The molecule has 0 unspecified atom stereocenters. The number of alkyl halides is 6. The van der Waals surface area contributed by atoms with E-state index in [0.29, 0.717) is 32.2 Å². The first kappa shape index (κ1) is 30.3. The average Bonchev–Trinajstić information content (AvgIpc) is 2.80. The Morgan fingerprint density at radius 1 is 0.800 bits per heavy atom. The van der Waals surface area contributed by atoms with Crippen LogP contribution in [0.1, 0.15) is 44.7 Å². The number of benzene rings is 2. The number of nitro benzene ring substituents is 1. The molecule has 0 aromatic heterocycles. The van der Waals surface area contributed by atoms with Gasteiger partial charge in [-0.15, -0.1) is 0 Å². The normalized spacial score (nSPS) is 14.8. The van der Waals surface area contributed by atoms with Crippen LogP contribution in [0.2, 0.25) is 0 Å². The first-order chi connectivity index (χ1) is 18.6. The highest BCUT2D eigenvalue weighted by Crippen LogP contribution is 2.42. The van der Waals surface area contributed by atoms with Crippen molar-refractivity contribution >= 4 is 34.7 Å². The molecule has 4 rings (SSSR count). The number of nitrogens with zero attached hydrogens (tertiary/aromatic N) is 3. The summed E-state index contributed by atoms with van der Waals surface area (Å²) in [6.45, 7) is 1.88. The number of esters is 2. The molecular weight excluding hydrogens is 554 g/mol. The lowest BCUT2D eigenvalue weighted by atomic mass is 10.0. The Morgan fingerprint density at radius 2 is 1.20 bits per heavy atom. The summed E-state index contributed by atoms with van der Waals surface area (Å²) in [4.78, 5) is 35.9. The molecule has 0 saturated carbocycles. The maximum absolute atomic E-state index is 13.1. The average molecular weight is 578 g/mol. The number of nitrogens with two attached hydrogens (primary N) is 1. The molecule has 2 aliphatic heterocycles. The second-order valence-corrected chi connectivity index (χ2v) is 8.76. The zero-order valence-corrected chi connectivity index (χ0v) is 21.2. The van der Waals surface area contributed by atoms with E-state index in [1.807, 2.05) is 0 Å². The summed E-state index contributed by atoms with van der Waals surface area (Å²) in [6, 6.07) is 3.22. The van der Waals surface area contributed by atoms with Crippen molar-refractivity contribution in [1.82, 2.24) is 0 Å². The summed E-state index contributed by atoms with van der Waals surface area (Å²) in [7, 11) is 2.16. The summed E-state index contributed by atoms with van der Waals surface area (Å²) in [5.74, 6) is -1.79. The van der Waals surface area contributed by atoms with E-state index >= 15 is 0 Å². The molecule has 0 atom stereocenters. The smallest absolute Gasteiger partial charge is 0.418 e. The van der Waals surface area contributed by atoms with Crippen LogP contribution in [0.5, 0.6) is 0 Å². The third kappa shape index (κ3) is 6.31. The van der Waals surface area contributed by atoms with Crippen LogP contribution in [0.25, 0.3) is 0 Å². The van der Waals surface area contributed by atoms with E-state index in [0.717, 1.165) is 45.3 Å². The summed E-state index contributed by atoms with van der Waals surface area (Å²) in [5, 5.41) is 10.9. The Bertz CT molecular complexity index is 1310. The highest BCUT2D eigenvalue weighted by molar-refractivity contribution is 5.97. The van der Waals surface area contributed by atoms with E-state index in [-0.39, 0.29) is 22.6 Å². The van der Waals surface area contributed by atoms with Gasteiger partial charge in [0.05, 0.1) is 41.5 Å². The molecule has 2 aromatic carbocycles. The fourth-order valence-corrected chi connectivity index (χ4v) is 3.98. The van der Waals surface area contributed by atoms with E-state index in [4.69, 9.17) is 5.73 Å². The number of nitrogen functional groups attached to an aromatic ring is 1. The number of nitro groups is 1. The van der Waals surface area contributed by atoms with Crippen LogP contribution in [-0.2, 0) is 21.8 Å². The minimum Gasteiger partial charge on any atom is -0.465 e. The highest BCUT2D eigenvalue weighted by Gasteiger charge is 2.40. The summed E-state index contributed by atoms with van der Waals surface area (Å²) >= 11 is 0. The lowest BCUT2D eigenvalue weighted by Crippen LogP contribution is -2.38. The minimum atomic E-state index is -4.75. The molecule has 2 heterocycles. The topological polar surface area (TPSA) is 128 Å². The Labute approximate surface area is 223 Å². The van der Waals surface area contributed by atoms with Gasteiger partial charge >= 0.3 is 24.3 Å². The van der Waals surface area contributed by atoms with Gasteiger partial charge in [0, 0.05) is 43.6 Å². The van der Waals surface area contributed by atoms with E-state index in [9.17, 15) is 46.0 Å². The van der Waals surface area contributed by atoms with Gasteiger partial charge in [-0.2, -0.15) is 26.3 Å². The van der Waals surface area contributed by atoms with Crippen molar-refractivity contribution in [2.45, 2.75) is 25.2 Å². The number of carbonyl (C=O) groups is 2. The number of methoxy groups -OCH3 is 2. The number of ether oxygens (including phenoxy) is 2. The molecule has 2 N–H and O–H groups in total. The van der Waals surface area contributed by atoms with E-state index < -0.39 is 51.6 Å². The quantitative estimate of drug-likeness (QED) is 0.173. The molecule has 0 radical (unpaired) electrons. The molecule has 40 heavy (non-hydrogen) atoms. The number of halogens is 6. The van der Waals surface area contributed by atoms with Crippen molar-refractivity contribution in [3.05, 3.63) is 56.6 Å². The van der Waals surface area contributed by atoms with E-state index in [2.05, 4.69) is 9.47 Å². The molecule has 0 amide bonds. The fourth-order valence-electron chi connectivity index (χ4n) is 3.98. The van der Waals surface area contributed by atoms with E-state index in [1.54, 1.807) is 4.90 Å². The maximum Gasteiger partial charge on any atom is 0.418 e. The Balaban J connectivity index is 0.000000222. The first-order valence-electron chi connectivity index (χ1n) is 11.7. The van der Waals surface area contributed by atoms with Crippen molar-refractivity contribution in [3.63, 3.8) is 0 Å².